The maximum atomic E-state index is 11.8. The molecule has 0 saturated carbocycles. The molecule has 11 nitrogen and oxygen atoms in total. The number of ether oxygens (including phenoxy) is 3. The van der Waals surface area contributed by atoms with Crippen molar-refractivity contribution in [2.45, 2.75) is 50.3 Å². The van der Waals surface area contributed by atoms with E-state index < -0.39 is 30.1 Å². The maximum Gasteiger partial charge on any atom is 0.508 e. The van der Waals surface area contributed by atoms with Gasteiger partial charge in [0.05, 0.1) is 12.2 Å². The van der Waals surface area contributed by atoms with Gasteiger partial charge in [0.2, 0.25) is 0 Å². The summed E-state index contributed by atoms with van der Waals surface area (Å²) in [6.45, 7) is 6.70. The Bertz CT molecular complexity index is 889. The van der Waals surface area contributed by atoms with Crippen LogP contribution < -0.4 is 5.73 Å². The predicted octanol–water partition coefficient (Wildman–Crippen LogP) is 0.280. The quantitative estimate of drug-likeness (QED) is 0.434. The average Bonchev–Trinajstić information content (AvgIpc) is 3.23. The monoisotopic (exact) mass is 407 g/mol. The number of hydrogen-bond donors (Lipinski definition) is 3. The van der Waals surface area contributed by atoms with E-state index in [1.165, 1.54) is 10.8 Å². The first-order valence-electron chi connectivity index (χ1n) is 9.22. The van der Waals surface area contributed by atoms with E-state index in [1.54, 1.807) is 19.1 Å². The van der Waals surface area contributed by atoms with E-state index in [4.69, 9.17) is 19.9 Å². The second-order valence-electron chi connectivity index (χ2n) is 6.92. The van der Waals surface area contributed by atoms with Gasteiger partial charge in [0, 0.05) is 0 Å². The summed E-state index contributed by atoms with van der Waals surface area (Å²) in [5, 5.41) is 25.5. The third kappa shape index (κ3) is 3.76. The first kappa shape index (κ1) is 21.0. The SMILES string of the molecule is C=NC[C@@]1(c2ccc3c(N)ncnn23)O[C@H](COC(=O)O[C@@H](C)CC)[C@@H](O)[C@H]1O. The number of hydrogen-bond acceptors (Lipinski definition) is 10. The van der Waals surface area contributed by atoms with Crippen LogP contribution >= 0.6 is 0 Å². The number of aliphatic hydroxyl groups is 2. The Hall–Kier alpha value is -2.76. The lowest BCUT2D eigenvalue weighted by molar-refractivity contribution is -0.0998. The van der Waals surface area contributed by atoms with Crippen LogP contribution in [0.2, 0.25) is 0 Å². The van der Waals surface area contributed by atoms with Crippen LogP contribution in [0.1, 0.15) is 26.0 Å². The van der Waals surface area contributed by atoms with Crippen LogP contribution in [0.4, 0.5) is 10.6 Å². The Morgan fingerprint density at radius 1 is 1.52 bits per heavy atom. The molecular weight excluding hydrogens is 382 g/mol. The molecule has 29 heavy (non-hydrogen) atoms. The Labute approximate surface area is 167 Å². The number of rotatable bonds is 7. The number of carbonyl (C=O) groups is 1. The molecule has 0 unspecified atom stereocenters. The number of nitrogens with two attached hydrogens (primary N) is 1. The maximum absolute atomic E-state index is 11.8. The number of anilines is 1. The molecule has 4 N–H and O–H groups in total. The number of nitrogen functional groups attached to an aromatic ring is 1. The summed E-state index contributed by atoms with van der Waals surface area (Å²) in [6, 6.07) is 3.33. The van der Waals surface area contributed by atoms with Crippen molar-refractivity contribution >= 4 is 24.2 Å². The molecule has 1 fully saturated rings. The largest absolute Gasteiger partial charge is 0.508 e. The molecule has 3 heterocycles. The van der Waals surface area contributed by atoms with Crippen molar-refractivity contribution in [3.63, 3.8) is 0 Å². The Morgan fingerprint density at radius 2 is 2.28 bits per heavy atom. The number of aliphatic imine (C=N–C) groups is 1. The van der Waals surface area contributed by atoms with Crippen LogP contribution in [0.25, 0.3) is 5.52 Å². The fourth-order valence-corrected chi connectivity index (χ4v) is 3.32. The number of fused-ring (bicyclic) bond motifs is 1. The molecule has 158 valence electrons. The van der Waals surface area contributed by atoms with Gasteiger partial charge in [-0.3, -0.25) is 4.99 Å². The summed E-state index contributed by atoms with van der Waals surface area (Å²) in [4.78, 5) is 19.6. The van der Waals surface area contributed by atoms with Crippen molar-refractivity contribution in [1.82, 2.24) is 14.6 Å². The summed E-state index contributed by atoms with van der Waals surface area (Å²) >= 11 is 0. The predicted molar refractivity (Wildman–Crippen MR) is 103 cm³/mol. The molecule has 5 atom stereocenters. The molecule has 1 aliphatic rings. The zero-order valence-electron chi connectivity index (χ0n) is 16.3. The fourth-order valence-electron chi connectivity index (χ4n) is 3.32. The molecule has 11 heteroatoms. The highest BCUT2D eigenvalue weighted by molar-refractivity contribution is 5.65. The lowest BCUT2D eigenvalue weighted by Crippen LogP contribution is -2.44. The Morgan fingerprint density at radius 3 is 2.97 bits per heavy atom. The molecule has 0 amide bonds. The van der Waals surface area contributed by atoms with Gasteiger partial charge in [-0.05, 0) is 32.2 Å². The molecular formula is C18H25N5O6. The van der Waals surface area contributed by atoms with Gasteiger partial charge in [0.1, 0.15) is 42.9 Å². The summed E-state index contributed by atoms with van der Waals surface area (Å²) in [7, 11) is 0. The van der Waals surface area contributed by atoms with Crippen LogP contribution in [0.5, 0.6) is 0 Å². The lowest BCUT2D eigenvalue weighted by Gasteiger charge is -2.30. The Kier molecular flexibility index (Phi) is 6.01. The van der Waals surface area contributed by atoms with Crippen molar-refractivity contribution in [3.05, 3.63) is 24.2 Å². The molecule has 0 spiro atoms. The standard InChI is InChI=1S/C18H25N5O6/c1-4-10(2)28-17(26)27-7-12-14(24)15(25)18(29-12,8-20-3)13-6-5-11-16(19)21-9-22-23(11)13/h5-6,9-10,12,14-15,24-25H,3-4,7-8H2,1-2H3,(H2,19,21,22)/t10-,12+,14+,15+,18-/m0/s1. The normalized spacial score (nSPS) is 27.7. The highest BCUT2D eigenvalue weighted by Gasteiger charge is 2.56. The zero-order valence-corrected chi connectivity index (χ0v) is 16.3. The molecule has 2 aromatic rings. The number of aromatic nitrogens is 3. The van der Waals surface area contributed by atoms with E-state index in [0.717, 1.165) is 0 Å². The average molecular weight is 407 g/mol. The summed E-state index contributed by atoms with van der Waals surface area (Å²) in [5.74, 6) is 0.244. The van der Waals surface area contributed by atoms with Crippen molar-refractivity contribution in [1.29, 1.82) is 0 Å². The van der Waals surface area contributed by atoms with Crippen LogP contribution in [0.15, 0.2) is 23.5 Å². The number of aliphatic hydroxyl groups excluding tert-OH is 2. The highest BCUT2D eigenvalue weighted by atomic mass is 16.7. The molecule has 0 radical (unpaired) electrons. The van der Waals surface area contributed by atoms with Gasteiger partial charge >= 0.3 is 6.16 Å². The van der Waals surface area contributed by atoms with Gasteiger partial charge < -0.3 is 30.2 Å². The molecule has 0 aliphatic carbocycles. The van der Waals surface area contributed by atoms with Crippen molar-refractivity contribution in [2.75, 3.05) is 18.9 Å². The molecule has 2 aromatic heterocycles. The van der Waals surface area contributed by atoms with Crippen LogP contribution in [-0.4, -0.2) is 75.3 Å². The number of nitrogens with zero attached hydrogens (tertiary/aromatic N) is 4. The second-order valence-corrected chi connectivity index (χ2v) is 6.92. The van der Waals surface area contributed by atoms with Crippen molar-refractivity contribution in [2.24, 2.45) is 4.99 Å². The topological polar surface area (TPSA) is 154 Å². The number of carbonyl (C=O) groups excluding carboxylic acids is 1. The zero-order chi connectivity index (χ0) is 21.2. The van der Waals surface area contributed by atoms with Gasteiger partial charge in [-0.1, -0.05) is 6.92 Å². The van der Waals surface area contributed by atoms with Crippen molar-refractivity contribution < 1.29 is 29.2 Å². The van der Waals surface area contributed by atoms with E-state index >= 15 is 0 Å². The minimum atomic E-state index is -1.47. The first-order chi connectivity index (χ1) is 13.8. The summed E-state index contributed by atoms with van der Waals surface area (Å²) in [5.41, 5.74) is 5.32. The van der Waals surface area contributed by atoms with E-state index in [0.29, 0.717) is 17.6 Å². The second kappa shape index (κ2) is 8.31. The van der Waals surface area contributed by atoms with E-state index in [9.17, 15) is 15.0 Å². The van der Waals surface area contributed by atoms with Gasteiger partial charge in [0.15, 0.2) is 11.4 Å². The molecule has 3 rings (SSSR count). The molecule has 0 bridgehead atoms. The van der Waals surface area contributed by atoms with Crippen LogP contribution in [0, 0.1) is 0 Å². The Balaban J connectivity index is 1.86. The van der Waals surface area contributed by atoms with Gasteiger partial charge in [-0.25, -0.2) is 14.3 Å². The third-order valence-electron chi connectivity index (χ3n) is 5.04. The molecule has 1 saturated heterocycles. The van der Waals surface area contributed by atoms with Gasteiger partial charge in [-0.15, -0.1) is 0 Å². The van der Waals surface area contributed by atoms with Gasteiger partial charge in [0.25, 0.3) is 0 Å². The van der Waals surface area contributed by atoms with E-state index in [1.807, 2.05) is 6.92 Å². The fraction of sp³-hybridized carbons (Fsp3) is 0.556. The molecule has 0 aromatic carbocycles. The summed E-state index contributed by atoms with van der Waals surface area (Å²) < 4.78 is 17.6. The minimum absolute atomic E-state index is 0.0743. The van der Waals surface area contributed by atoms with Gasteiger partial charge in [-0.2, -0.15) is 5.10 Å². The minimum Gasteiger partial charge on any atom is -0.431 e. The first-order valence-corrected chi connectivity index (χ1v) is 9.22. The van der Waals surface area contributed by atoms with E-state index in [-0.39, 0.29) is 25.1 Å². The van der Waals surface area contributed by atoms with Crippen LogP contribution in [-0.2, 0) is 19.8 Å². The van der Waals surface area contributed by atoms with Crippen molar-refractivity contribution in [3.8, 4) is 0 Å². The highest BCUT2D eigenvalue weighted by Crippen LogP contribution is 2.41. The lowest BCUT2D eigenvalue weighted by atomic mass is 9.91. The third-order valence-corrected chi connectivity index (χ3v) is 5.04. The smallest absolute Gasteiger partial charge is 0.431 e. The van der Waals surface area contributed by atoms with Crippen LogP contribution in [0.3, 0.4) is 0 Å². The summed E-state index contributed by atoms with van der Waals surface area (Å²) in [6.07, 6.45) is -3.03. The van der Waals surface area contributed by atoms with E-state index in [2.05, 4.69) is 21.8 Å². The molecule has 1 aliphatic heterocycles.